The molecule has 0 aliphatic carbocycles. The average molecular weight is 369 g/mol. The Hall–Kier alpha value is -3.02. The van der Waals surface area contributed by atoms with Gasteiger partial charge in [0.2, 0.25) is 5.91 Å². The van der Waals surface area contributed by atoms with Gasteiger partial charge in [0.05, 0.1) is 26.3 Å². The van der Waals surface area contributed by atoms with Crippen molar-refractivity contribution in [3.05, 3.63) is 58.2 Å². The van der Waals surface area contributed by atoms with Gasteiger partial charge in [-0.15, -0.1) is 0 Å². The summed E-state index contributed by atoms with van der Waals surface area (Å²) in [5.74, 6) is 0.494. The van der Waals surface area contributed by atoms with E-state index in [2.05, 4.69) is 6.07 Å². The van der Waals surface area contributed by atoms with E-state index in [0.717, 1.165) is 27.7 Å². The van der Waals surface area contributed by atoms with Crippen LogP contribution in [0.4, 0.5) is 0 Å². The Labute approximate surface area is 157 Å². The summed E-state index contributed by atoms with van der Waals surface area (Å²) in [7, 11) is 3.03. The molecule has 0 saturated carbocycles. The first-order chi connectivity index (χ1) is 12.8. The fraction of sp³-hybridized carbons (Fsp3) is 0.333. The summed E-state index contributed by atoms with van der Waals surface area (Å²) in [6.45, 7) is 6.03. The number of nitrogens with zero attached hydrogens (tertiary/aromatic N) is 1. The third-order valence-electron chi connectivity index (χ3n) is 4.80. The van der Waals surface area contributed by atoms with Gasteiger partial charge >= 0.3 is 5.97 Å². The van der Waals surface area contributed by atoms with E-state index >= 15 is 0 Å². The third kappa shape index (κ3) is 3.74. The smallest absolute Gasteiger partial charge is 0.341 e. The van der Waals surface area contributed by atoms with Crippen LogP contribution in [0, 0.1) is 20.8 Å². The molecule has 0 atom stereocenters. The number of methoxy groups -OCH3 is 1. The van der Waals surface area contributed by atoms with Crippen LogP contribution in [0.25, 0.3) is 11.0 Å². The summed E-state index contributed by atoms with van der Waals surface area (Å²) < 4.78 is 15.9. The molecule has 0 spiro atoms. The number of rotatable bonds is 5. The minimum absolute atomic E-state index is 0.0652. The number of fused-ring (bicyclic) bond motifs is 1. The van der Waals surface area contributed by atoms with E-state index in [4.69, 9.17) is 13.6 Å². The van der Waals surface area contributed by atoms with Crippen LogP contribution in [0.15, 0.2) is 33.3 Å². The summed E-state index contributed by atoms with van der Waals surface area (Å²) in [4.78, 5) is 25.9. The van der Waals surface area contributed by atoms with Crippen LogP contribution in [0.2, 0.25) is 0 Å². The van der Waals surface area contributed by atoms with E-state index in [-0.39, 0.29) is 18.9 Å². The van der Waals surface area contributed by atoms with Crippen molar-refractivity contribution in [2.24, 2.45) is 0 Å². The zero-order valence-corrected chi connectivity index (χ0v) is 16.2. The molecule has 2 heterocycles. The maximum atomic E-state index is 12.6. The number of hydrogen-bond donors (Lipinski definition) is 0. The second kappa shape index (κ2) is 7.31. The molecule has 6 nitrogen and oxygen atoms in total. The van der Waals surface area contributed by atoms with E-state index in [1.807, 2.05) is 19.9 Å². The van der Waals surface area contributed by atoms with Crippen LogP contribution in [-0.4, -0.2) is 30.9 Å². The number of likely N-dealkylation sites (N-methyl/N-ethyl adjacent to an activating group) is 1. The van der Waals surface area contributed by atoms with E-state index in [0.29, 0.717) is 17.1 Å². The lowest BCUT2D eigenvalue weighted by molar-refractivity contribution is -0.129. The monoisotopic (exact) mass is 369 g/mol. The molecule has 3 aromatic rings. The first-order valence-corrected chi connectivity index (χ1v) is 8.69. The maximum absolute atomic E-state index is 12.6. The van der Waals surface area contributed by atoms with Gasteiger partial charge < -0.3 is 18.5 Å². The summed E-state index contributed by atoms with van der Waals surface area (Å²) in [6.07, 6.45) is 1.87. The molecule has 0 saturated heterocycles. The molecule has 0 unspecified atom stereocenters. The predicted octanol–water partition coefficient (Wildman–Crippen LogP) is 3.94. The number of furan rings is 2. The number of benzene rings is 1. The van der Waals surface area contributed by atoms with E-state index < -0.39 is 5.97 Å². The summed E-state index contributed by atoms with van der Waals surface area (Å²) in [5.41, 5.74) is 4.33. The third-order valence-corrected chi connectivity index (χ3v) is 4.80. The molecule has 0 aliphatic heterocycles. The highest BCUT2D eigenvalue weighted by molar-refractivity contribution is 5.90. The lowest BCUT2D eigenvalue weighted by Crippen LogP contribution is -2.27. The number of aryl methyl sites for hydroxylation is 3. The van der Waals surface area contributed by atoms with Crippen molar-refractivity contribution >= 4 is 22.8 Å². The number of carbonyl (C=O) groups is 2. The van der Waals surface area contributed by atoms with Gasteiger partial charge in [0.15, 0.2) is 0 Å². The van der Waals surface area contributed by atoms with E-state index in [1.54, 1.807) is 31.2 Å². The Balaban J connectivity index is 1.73. The highest BCUT2D eigenvalue weighted by Gasteiger charge is 2.19. The van der Waals surface area contributed by atoms with Crippen molar-refractivity contribution in [1.29, 1.82) is 0 Å². The normalized spacial score (nSPS) is 11.0. The molecular formula is C21H23NO5. The lowest BCUT2D eigenvalue weighted by atomic mass is 10.0. The van der Waals surface area contributed by atoms with Crippen molar-refractivity contribution in [2.45, 2.75) is 33.7 Å². The minimum Gasteiger partial charge on any atom is -0.465 e. The molecule has 0 aliphatic rings. The standard InChI is InChI=1S/C21H23NO5/c1-12-6-18-15(11-26-19(18)7-13(12)2)8-20(23)22(4)10-16-9-17(14(3)27-16)21(24)25-5/h6-7,9,11H,8,10H2,1-5H3. The van der Waals surface area contributed by atoms with E-state index in [9.17, 15) is 9.59 Å². The number of ether oxygens (including phenoxy) is 1. The second-order valence-electron chi connectivity index (χ2n) is 6.79. The second-order valence-corrected chi connectivity index (χ2v) is 6.79. The Morgan fingerprint density at radius 3 is 2.52 bits per heavy atom. The number of hydrogen-bond acceptors (Lipinski definition) is 5. The lowest BCUT2D eigenvalue weighted by Gasteiger charge is -2.15. The number of esters is 1. The zero-order valence-electron chi connectivity index (χ0n) is 16.2. The molecule has 2 aromatic heterocycles. The highest BCUT2D eigenvalue weighted by Crippen LogP contribution is 2.25. The van der Waals surface area contributed by atoms with Crippen LogP contribution < -0.4 is 0 Å². The van der Waals surface area contributed by atoms with Crippen molar-refractivity contribution in [3.8, 4) is 0 Å². The molecule has 1 aromatic carbocycles. The van der Waals surface area contributed by atoms with Gasteiger partial charge in [-0.3, -0.25) is 4.79 Å². The first kappa shape index (κ1) is 18.8. The van der Waals surface area contributed by atoms with Gasteiger partial charge in [0.1, 0.15) is 22.7 Å². The average Bonchev–Trinajstić information content (AvgIpc) is 3.18. The topological polar surface area (TPSA) is 72.9 Å². The number of carbonyl (C=O) groups excluding carboxylic acids is 2. The highest BCUT2D eigenvalue weighted by atomic mass is 16.5. The fourth-order valence-corrected chi connectivity index (χ4v) is 3.03. The molecule has 6 heteroatoms. The van der Waals surface area contributed by atoms with Crippen LogP contribution in [-0.2, 0) is 22.5 Å². The molecule has 3 rings (SSSR count). The van der Waals surface area contributed by atoms with Crippen molar-refractivity contribution in [3.63, 3.8) is 0 Å². The number of amides is 1. The van der Waals surface area contributed by atoms with Gasteiger partial charge in [-0.1, -0.05) is 0 Å². The molecule has 0 bridgehead atoms. The maximum Gasteiger partial charge on any atom is 0.341 e. The summed E-state index contributed by atoms with van der Waals surface area (Å²) in [6, 6.07) is 5.65. The van der Waals surface area contributed by atoms with E-state index in [1.165, 1.54) is 7.11 Å². The first-order valence-electron chi connectivity index (χ1n) is 8.69. The minimum atomic E-state index is -0.452. The Kier molecular flexibility index (Phi) is 5.08. The molecule has 0 fully saturated rings. The summed E-state index contributed by atoms with van der Waals surface area (Å²) in [5, 5.41) is 0.960. The molecule has 1 amide bonds. The van der Waals surface area contributed by atoms with Gasteiger partial charge in [-0.05, 0) is 50.1 Å². The van der Waals surface area contributed by atoms with Crippen LogP contribution in [0.1, 0.15) is 38.6 Å². The fourth-order valence-electron chi connectivity index (χ4n) is 3.03. The zero-order chi connectivity index (χ0) is 19.7. The molecule has 0 N–H and O–H groups in total. The van der Waals surface area contributed by atoms with Crippen molar-refractivity contribution in [1.82, 2.24) is 4.90 Å². The molecule has 0 radical (unpaired) electrons. The largest absolute Gasteiger partial charge is 0.465 e. The Morgan fingerprint density at radius 2 is 1.81 bits per heavy atom. The SMILES string of the molecule is COC(=O)c1cc(CN(C)C(=O)Cc2coc3cc(C)c(C)cc23)oc1C. The van der Waals surface area contributed by atoms with Crippen LogP contribution in [0.5, 0.6) is 0 Å². The Morgan fingerprint density at radius 1 is 1.11 bits per heavy atom. The van der Waals surface area contributed by atoms with Gasteiger partial charge in [0, 0.05) is 18.0 Å². The Bertz CT molecular complexity index is 1010. The van der Waals surface area contributed by atoms with Gasteiger partial charge in [-0.25, -0.2) is 4.79 Å². The molecular weight excluding hydrogens is 346 g/mol. The van der Waals surface area contributed by atoms with Crippen LogP contribution >= 0.6 is 0 Å². The van der Waals surface area contributed by atoms with Crippen LogP contribution in [0.3, 0.4) is 0 Å². The molecule has 142 valence electrons. The quantitative estimate of drug-likeness (QED) is 0.637. The van der Waals surface area contributed by atoms with Crippen molar-refractivity contribution < 1.29 is 23.2 Å². The van der Waals surface area contributed by atoms with Crippen molar-refractivity contribution in [2.75, 3.05) is 14.2 Å². The van der Waals surface area contributed by atoms with Gasteiger partial charge in [-0.2, -0.15) is 0 Å². The molecule has 27 heavy (non-hydrogen) atoms. The summed E-state index contributed by atoms with van der Waals surface area (Å²) >= 11 is 0. The predicted molar refractivity (Wildman–Crippen MR) is 101 cm³/mol. The van der Waals surface area contributed by atoms with Gasteiger partial charge in [0.25, 0.3) is 0 Å².